The predicted octanol–water partition coefficient (Wildman–Crippen LogP) is 4.92. The molecule has 0 atom stereocenters. The van der Waals surface area contributed by atoms with Crippen LogP contribution in [0, 0.1) is 32.1 Å². The zero-order chi connectivity index (χ0) is 22.5. The van der Waals surface area contributed by atoms with Gasteiger partial charge < -0.3 is 14.0 Å². The minimum absolute atomic E-state index is 0.330. The second-order valence-corrected chi connectivity index (χ2v) is 7.45. The molecule has 0 bridgehead atoms. The van der Waals surface area contributed by atoms with Gasteiger partial charge in [-0.05, 0) is 51.1 Å². The average molecular weight is 438 g/mol. The van der Waals surface area contributed by atoms with Crippen molar-refractivity contribution in [2.45, 2.75) is 27.4 Å². The van der Waals surface area contributed by atoms with Gasteiger partial charge in [-0.1, -0.05) is 11.6 Å². The Kier molecular flexibility index (Phi) is 6.95. The monoisotopic (exact) mass is 437 g/mol. The normalized spacial score (nSPS) is 11.0. The number of benzene rings is 1. The number of nitrogens with one attached hydrogen (secondary N) is 1. The lowest BCUT2D eigenvalue weighted by atomic mass is 10.1. The lowest BCUT2D eigenvalue weighted by Gasteiger charge is -2.12. The highest BCUT2D eigenvalue weighted by atomic mass is 35.5. The van der Waals surface area contributed by atoms with E-state index >= 15 is 0 Å². The molecule has 3 rings (SSSR count). The van der Waals surface area contributed by atoms with Crippen LogP contribution >= 0.6 is 11.6 Å². The Balaban J connectivity index is 1.89. The van der Waals surface area contributed by atoms with Crippen molar-refractivity contribution in [1.82, 2.24) is 9.55 Å². The van der Waals surface area contributed by atoms with Crippen molar-refractivity contribution in [3.05, 3.63) is 69.1 Å². The lowest BCUT2D eigenvalue weighted by molar-refractivity contribution is 0.184. The fourth-order valence-corrected chi connectivity index (χ4v) is 3.74. The van der Waals surface area contributed by atoms with Gasteiger partial charge in [0.05, 0.1) is 25.0 Å². The summed E-state index contributed by atoms with van der Waals surface area (Å²) in [5.41, 5.74) is 8.77. The van der Waals surface area contributed by atoms with E-state index in [0.29, 0.717) is 28.8 Å². The average Bonchev–Trinajstić information content (AvgIpc) is 3.01. The number of nitriles is 1. The Labute approximate surface area is 186 Å². The van der Waals surface area contributed by atoms with Crippen molar-refractivity contribution >= 4 is 23.6 Å². The zero-order valence-electron chi connectivity index (χ0n) is 18.2. The number of hydrazone groups is 1. The maximum Gasteiger partial charge on any atom is 0.164 e. The van der Waals surface area contributed by atoms with E-state index in [2.05, 4.69) is 26.1 Å². The Morgan fingerprint density at radius 1 is 1.23 bits per heavy atom. The van der Waals surface area contributed by atoms with E-state index in [9.17, 15) is 5.26 Å². The number of ether oxygens (including phenoxy) is 2. The summed E-state index contributed by atoms with van der Waals surface area (Å²) in [6.45, 7) is 6.22. The van der Waals surface area contributed by atoms with E-state index in [1.54, 1.807) is 20.4 Å². The van der Waals surface area contributed by atoms with Gasteiger partial charge in [0, 0.05) is 41.0 Å². The van der Waals surface area contributed by atoms with E-state index in [1.807, 2.05) is 51.1 Å². The molecule has 0 unspecified atom stereocenters. The molecule has 2 aromatic heterocycles. The van der Waals surface area contributed by atoms with Gasteiger partial charge in [-0.2, -0.15) is 10.4 Å². The molecule has 0 radical (unpaired) electrons. The number of nitrogens with zero attached hydrogens (tertiary/aromatic N) is 4. The minimum Gasteiger partial charge on any atom is -0.495 e. The number of hydrogen-bond donors (Lipinski definition) is 1. The molecule has 7 nitrogen and oxygen atoms in total. The Hall–Kier alpha value is -3.34. The van der Waals surface area contributed by atoms with Crippen LogP contribution in [0.15, 0.2) is 35.4 Å². The first-order chi connectivity index (χ1) is 14.9. The molecule has 0 saturated heterocycles. The van der Waals surface area contributed by atoms with Crippen molar-refractivity contribution in [3.63, 3.8) is 0 Å². The second kappa shape index (κ2) is 9.65. The summed E-state index contributed by atoms with van der Waals surface area (Å²) >= 11 is 6.30. The van der Waals surface area contributed by atoms with Crippen LogP contribution < -0.4 is 10.2 Å². The van der Waals surface area contributed by atoms with Crippen LogP contribution in [0.3, 0.4) is 0 Å². The van der Waals surface area contributed by atoms with E-state index < -0.39 is 0 Å². The Morgan fingerprint density at radius 3 is 2.65 bits per heavy atom. The van der Waals surface area contributed by atoms with Gasteiger partial charge in [0.2, 0.25) is 0 Å². The third-order valence-corrected chi connectivity index (χ3v) is 5.17. The van der Waals surface area contributed by atoms with Gasteiger partial charge in [0.25, 0.3) is 0 Å². The van der Waals surface area contributed by atoms with E-state index in [-0.39, 0.29) is 0 Å². The van der Waals surface area contributed by atoms with Crippen LogP contribution in [0.4, 0.5) is 5.82 Å². The quantitative estimate of drug-likeness (QED) is 0.418. The molecule has 0 aliphatic carbocycles. The summed E-state index contributed by atoms with van der Waals surface area (Å²) in [5, 5.41) is 14.4. The molecular formula is C23H24ClN5O2. The SMILES string of the molecule is COCc1cc(C)nc(N/N=C\c2cc(C)n(-c3ccc(OC)c(Cl)c3)c2C)c1C#N. The van der Waals surface area contributed by atoms with E-state index in [1.165, 1.54) is 0 Å². The molecular weight excluding hydrogens is 414 g/mol. The second-order valence-electron chi connectivity index (χ2n) is 7.04. The molecule has 3 aromatic rings. The molecule has 0 aliphatic rings. The molecule has 2 heterocycles. The molecule has 1 aromatic carbocycles. The smallest absolute Gasteiger partial charge is 0.164 e. The topological polar surface area (TPSA) is 84.5 Å². The summed E-state index contributed by atoms with van der Waals surface area (Å²) in [5.74, 6) is 1.03. The van der Waals surface area contributed by atoms with Crippen molar-refractivity contribution in [1.29, 1.82) is 5.26 Å². The summed E-state index contributed by atoms with van der Waals surface area (Å²) < 4.78 is 12.5. The van der Waals surface area contributed by atoms with Crippen LogP contribution in [0.1, 0.15) is 33.8 Å². The molecule has 1 N–H and O–H groups in total. The van der Waals surface area contributed by atoms with E-state index in [4.69, 9.17) is 21.1 Å². The van der Waals surface area contributed by atoms with Gasteiger partial charge in [0.1, 0.15) is 17.4 Å². The summed E-state index contributed by atoms with van der Waals surface area (Å²) in [7, 11) is 3.18. The zero-order valence-corrected chi connectivity index (χ0v) is 18.9. The number of anilines is 1. The van der Waals surface area contributed by atoms with Gasteiger partial charge in [0.15, 0.2) is 5.82 Å². The fourth-order valence-electron chi connectivity index (χ4n) is 3.49. The lowest BCUT2D eigenvalue weighted by Crippen LogP contribution is -2.04. The number of aryl methyl sites for hydroxylation is 2. The highest BCUT2D eigenvalue weighted by Crippen LogP contribution is 2.29. The van der Waals surface area contributed by atoms with Crippen molar-refractivity contribution in [2.75, 3.05) is 19.6 Å². The van der Waals surface area contributed by atoms with Crippen LogP contribution in [0.25, 0.3) is 5.69 Å². The number of pyridine rings is 1. The maximum absolute atomic E-state index is 9.54. The molecule has 0 fully saturated rings. The van der Waals surface area contributed by atoms with Crippen molar-refractivity contribution < 1.29 is 9.47 Å². The molecule has 0 amide bonds. The number of methoxy groups -OCH3 is 2. The third-order valence-electron chi connectivity index (χ3n) is 4.88. The van der Waals surface area contributed by atoms with Crippen molar-refractivity contribution in [3.8, 4) is 17.5 Å². The first-order valence-electron chi connectivity index (χ1n) is 9.61. The highest BCUT2D eigenvalue weighted by Gasteiger charge is 2.13. The maximum atomic E-state index is 9.54. The predicted molar refractivity (Wildman–Crippen MR) is 122 cm³/mol. The number of rotatable bonds is 7. The first kappa shape index (κ1) is 22.3. The molecule has 31 heavy (non-hydrogen) atoms. The molecule has 8 heteroatoms. The minimum atomic E-state index is 0.330. The third kappa shape index (κ3) is 4.71. The summed E-state index contributed by atoms with van der Waals surface area (Å²) in [4.78, 5) is 4.40. The van der Waals surface area contributed by atoms with Gasteiger partial charge >= 0.3 is 0 Å². The Bertz CT molecular complexity index is 1180. The van der Waals surface area contributed by atoms with Crippen LogP contribution in [-0.2, 0) is 11.3 Å². The van der Waals surface area contributed by atoms with Crippen LogP contribution in [0.2, 0.25) is 5.02 Å². The summed E-state index contributed by atoms with van der Waals surface area (Å²) in [6.07, 6.45) is 1.71. The first-order valence-corrected chi connectivity index (χ1v) is 9.98. The van der Waals surface area contributed by atoms with Gasteiger partial charge in [-0.25, -0.2) is 4.98 Å². The Morgan fingerprint density at radius 2 is 2.00 bits per heavy atom. The standard InChI is InChI=1S/C23H24ClN5O2/c1-14-8-18(13-30-4)20(11-25)23(27-14)28-26-12-17-9-15(2)29(16(17)3)19-6-7-22(31-5)21(24)10-19/h6-10,12H,13H2,1-5H3,(H,27,28)/b26-12-. The molecule has 0 spiro atoms. The molecule has 0 aliphatic heterocycles. The number of aromatic nitrogens is 2. The fraction of sp³-hybridized carbons (Fsp3) is 0.261. The summed E-state index contributed by atoms with van der Waals surface area (Å²) in [6, 6.07) is 11.7. The van der Waals surface area contributed by atoms with Crippen LogP contribution in [0.5, 0.6) is 5.75 Å². The molecule has 0 saturated carbocycles. The van der Waals surface area contributed by atoms with Gasteiger partial charge in [-0.15, -0.1) is 0 Å². The van der Waals surface area contributed by atoms with Gasteiger partial charge in [-0.3, -0.25) is 5.43 Å². The number of hydrogen-bond acceptors (Lipinski definition) is 6. The van der Waals surface area contributed by atoms with E-state index in [0.717, 1.165) is 33.9 Å². The highest BCUT2D eigenvalue weighted by molar-refractivity contribution is 6.32. The molecule has 160 valence electrons. The van der Waals surface area contributed by atoms with Crippen molar-refractivity contribution in [2.24, 2.45) is 5.10 Å². The number of halogens is 1. The van der Waals surface area contributed by atoms with Crippen LogP contribution in [-0.4, -0.2) is 30.0 Å². The largest absolute Gasteiger partial charge is 0.495 e.